The van der Waals surface area contributed by atoms with Crippen LogP contribution in [0.25, 0.3) is 0 Å². The van der Waals surface area contributed by atoms with Gasteiger partial charge in [-0.25, -0.2) is 9.18 Å². The summed E-state index contributed by atoms with van der Waals surface area (Å²) < 4.78 is 13.4. The number of amides is 2. The van der Waals surface area contributed by atoms with E-state index in [0.29, 0.717) is 24.1 Å². The Kier molecular flexibility index (Phi) is 3.92. The van der Waals surface area contributed by atoms with Crippen molar-refractivity contribution >= 4 is 17.7 Å². The van der Waals surface area contributed by atoms with E-state index in [4.69, 9.17) is 5.11 Å². The second-order valence-corrected chi connectivity index (χ2v) is 5.20. The number of carbonyl (C=O) groups is 2. The summed E-state index contributed by atoms with van der Waals surface area (Å²) in [4.78, 5) is 22.8. The molecule has 3 N–H and O–H groups in total. The number of carboxylic acid groups (broad SMARTS) is 1. The number of halogens is 1. The molecule has 0 bridgehead atoms. The van der Waals surface area contributed by atoms with E-state index in [1.807, 2.05) is 0 Å². The van der Waals surface area contributed by atoms with Crippen LogP contribution < -0.4 is 10.6 Å². The molecule has 1 aromatic carbocycles. The first-order valence-corrected chi connectivity index (χ1v) is 6.48. The van der Waals surface area contributed by atoms with E-state index < -0.39 is 23.4 Å². The minimum atomic E-state index is -0.938. The van der Waals surface area contributed by atoms with Crippen LogP contribution in [0.4, 0.5) is 14.9 Å². The summed E-state index contributed by atoms with van der Waals surface area (Å²) >= 11 is 0. The van der Waals surface area contributed by atoms with Crippen LogP contribution >= 0.6 is 0 Å². The van der Waals surface area contributed by atoms with Gasteiger partial charge in [0.25, 0.3) is 0 Å². The highest BCUT2D eigenvalue weighted by atomic mass is 19.1. The standard InChI is InChI=1S/C14H17FN2O3/c1-9-10(15)4-2-5-11(9)16-13(20)17-14(6-3-7-14)8-12(18)19/h2,4-5H,3,6-8H2,1H3,(H,18,19)(H2,16,17,20). The molecule has 2 rings (SSSR count). The molecule has 0 aliphatic heterocycles. The monoisotopic (exact) mass is 280 g/mol. The number of carbonyl (C=O) groups excluding carboxylic acids is 1. The van der Waals surface area contributed by atoms with Crippen molar-refractivity contribution in [2.45, 2.75) is 38.1 Å². The minimum absolute atomic E-state index is 0.0947. The lowest BCUT2D eigenvalue weighted by Gasteiger charge is -2.41. The van der Waals surface area contributed by atoms with E-state index in [-0.39, 0.29) is 6.42 Å². The number of hydrogen-bond acceptors (Lipinski definition) is 2. The van der Waals surface area contributed by atoms with Crippen LogP contribution in [0, 0.1) is 12.7 Å². The molecule has 0 aromatic heterocycles. The average Bonchev–Trinajstić information content (AvgIpc) is 2.31. The lowest BCUT2D eigenvalue weighted by molar-refractivity contribution is -0.139. The zero-order valence-electron chi connectivity index (χ0n) is 11.2. The molecular weight excluding hydrogens is 263 g/mol. The van der Waals surface area contributed by atoms with Gasteiger partial charge in [0, 0.05) is 11.3 Å². The number of benzene rings is 1. The van der Waals surface area contributed by atoms with Gasteiger partial charge >= 0.3 is 12.0 Å². The van der Waals surface area contributed by atoms with Crippen molar-refractivity contribution in [1.29, 1.82) is 0 Å². The molecule has 1 aliphatic rings. The fourth-order valence-electron chi connectivity index (χ4n) is 2.38. The second-order valence-electron chi connectivity index (χ2n) is 5.20. The van der Waals surface area contributed by atoms with E-state index in [0.717, 1.165) is 6.42 Å². The molecule has 2 amide bonds. The highest BCUT2D eigenvalue weighted by Gasteiger charge is 2.40. The first kappa shape index (κ1) is 14.3. The first-order valence-electron chi connectivity index (χ1n) is 6.48. The molecule has 108 valence electrons. The largest absolute Gasteiger partial charge is 0.481 e. The van der Waals surface area contributed by atoms with Gasteiger partial charge in [-0.05, 0) is 38.3 Å². The molecule has 1 aliphatic carbocycles. The van der Waals surface area contributed by atoms with Gasteiger partial charge in [-0.1, -0.05) is 6.07 Å². The maximum absolute atomic E-state index is 13.4. The molecule has 20 heavy (non-hydrogen) atoms. The van der Waals surface area contributed by atoms with Crippen LogP contribution in [0.5, 0.6) is 0 Å². The number of hydrogen-bond donors (Lipinski definition) is 3. The normalized spacial score (nSPS) is 16.1. The lowest BCUT2D eigenvalue weighted by atomic mass is 9.74. The first-order chi connectivity index (χ1) is 9.42. The van der Waals surface area contributed by atoms with Crippen molar-refractivity contribution in [3.63, 3.8) is 0 Å². The number of aliphatic carboxylic acids is 1. The molecule has 5 nitrogen and oxygen atoms in total. The van der Waals surface area contributed by atoms with Gasteiger partial charge in [0.1, 0.15) is 5.82 Å². The number of rotatable bonds is 4. The fourth-order valence-corrected chi connectivity index (χ4v) is 2.38. The predicted octanol–water partition coefficient (Wildman–Crippen LogP) is 2.65. The van der Waals surface area contributed by atoms with Crippen molar-refractivity contribution < 1.29 is 19.1 Å². The van der Waals surface area contributed by atoms with Gasteiger partial charge in [-0.15, -0.1) is 0 Å². The molecule has 1 aromatic rings. The molecule has 6 heteroatoms. The molecule has 0 saturated heterocycles. The van der Waals surface area contributed by atoms with Crippen LogP contribution in [-0.4, -0.2) is 22.6 Å². The maximum atomic E-state index is 13.4. The molecule has 0 radical (unpaired) electrons. The van der Waals surface area contributed by atoms with Gasteiger partial charge < -0.3 is 15.7 Å². The SMILES string of the molecule is Cc1c(F)cccc1NC(=O)NC1(CC(=O)O)CCC1. The average molecular weight is 280 g/mol. The molecule has 0 spiro atoms. The fraction of sp³-hybridized carbons (Fsp3) is 0.429. The topological polar surface area (TPSA) is 78.4 Å². The Balaban J connectivity index is 2.02. The molecule has 1 saturated carbocycles. The van der Waals surface area contributed by atoms with Gasteiger partial charge in [0.15, 0.2) is 0 Å². The van der Waals surface area contributed by atoms with E-state index in [9.17, 15) is 14.0 Å². The number of nitrogens with one attached hydrogen (secondary N) is 2. The van der Waals surface area contributed by atoms with Crippen LogP contribution in [-0.2, 0) is 4.79 Å². The lowest BCUT2D eigenvalue weighted by Crippen LogP contribution is -2.55. The third kappa shape index (κ3) is 3.07. The molecule has 0 heterocycles. The minimum Gasteiger partial charge on any atom is -0.481 e. The highest BCUT2D eigenvalue weighted by Crippen LogP contribution is 2.35. The van der Waals surface area contributed by atoms with Crippen LogP contribution in [0.2, 0.25) is 0 Å². The van der Waals surface area contributed by atoms with Crippen molar-refractivity contribution in [3.05, 3.63) is 29.6 Å². The third-order valence-electron chi connectivity index (χ3n) is 3.69. The van der Waals surface area contributed by atoms with Crippen molar-refractivity contribution in [1.82, 2.24) is 5.32 Å². The zero-order chi connectivity index (χ0) is 14.8. The molecule has 0 atom stereocenters. The van der Waals surface area contributed by atoms with Gasteiger partial charge in [0.05, 0.1) is 12.0 Å². The van der Waals surface area contributed by atoms with Crippen molar-refractivity contribution in [2.75, 3.05) is 5.32 Å². The highest BCUT2D eigenvalue weighted by molar-refractivity contribution is 5.91. The smallest absolute Gasteiger partial charge is 0.319 e. The van der Waals surface area contributed by atoms with Crippen LogP contribution in [0.1, 0.15) is 31.2 Å². The van der Waals surface area contributed by atoms with E-state index in [1.165, 1.54) is 12.1 Å². The molecular formula is C14H17FN2O3. The predicted molar refractivity (Wildman–Crippen MR) is 72.1 cm³/mol. The van der Waals surface area contributed by atoms with E-state index in [2.05, 4.69) is 10.6 Å². The summed E-state index contributed by atoms with van der Waals surface area (Å²) in [6.07, 6.45) is 2.10. The Morgan fingerprint density at radius 2 is 2.10 bits per heavy atom. The summed E-state index contributed by atoms with van der Waals surface area (Å²) in [5, 5.41) is 14.1. The summed E-state index contributed by atoms with van der Waals surface area (Å²) in [5.74, 6) is -1.33. The van der Waals surface area contributed by atoms with Crippen LogP contribution in [0.3, 0.4) is 0 Å². The quantitative estimate of drug-likeness (QED) is 0.793. The summed E-state index contributed by atoms with van der Waals surface area (Å²) in [6, 6.07) is 3.92. The van der Waals surface area contributed by atoms with Gasteiger partial charge in [-0.2, -0.15) is 0 Å². The van der Waals surface area contributed by atoms with E-state index in [1.54, 1.807) is 13.0 Å². The molecule has 0 unspecified atom stereocenters. The summed E-state index contributed by atoms with van der Waals surface area (Å²) in [5.41, 5.74) is 0.0628. The number of carboxylic acids is 1. The number of anilines is 1. The van der Waals surface area contributed by atoms with Gasteiger partial charge in [-0.3, -0.25) is 4.79 Å². The Labute approximate surface area is 116 Å². The Hall–Kier alpha value is -2.11. The summed E-state index contributed by atoms with van der Waals surface area (Å²) in [7, 11) is 0. The Morgan fingerprint density at radius 3 is 2.65 bits per heavy atom. The summed E-state index contributed by atoms with van der Waals surface area (Å²) in [6.45, 7) is 1.57. The van der Waals surface area contributed by atoms with E-state index >= 15 is 0 Å². The second kappa shape index (κ2) is 5.48. The molecule has 1 fully saturated rings. The Bertz CT molecular complexity index is 541. The van der Waals surface area contributed by atoms with Gasteiger partial charge in [0.2, 0.25) is 0 Å². The zero-order valence-corrected chi connectivity index (χ0v) is 11.2. The third-order valence-corrected chi connectivity index (χ3v) is 3.69. The Morgan fingerprint density at radius 1 is 1.40 bits per heavy atom. The van der Waals surface area contributed by atoms with Crippen molar-refractivity contribution in [3.8, 4) is 0 Å². The number of urea groups is 1. The van der Waals surface area contributed by atoms with Crippen LogP contribution in [0.15, 0.2) is 18.2 Å². The maximum Gasteiger partial charge on any atom is 0.319 e. The van der Waals surface area contributed by atoms with Crippen molar-refractivity contribution in [2.24, 2.45) is 0 Å².